The molecule has 0 spiro atoms. The molecule has 3 saturated heterocycles. The van der Waals surface area contributed by atoms with Gasteiger partial charge in [0.15, 0.2) is 0 Å². The number of nitrogens with one attached hydrogen (secondary N) is 1. The highest BCUT2D eigenvalue weighted by molar-refractivity contribution is 5.76. The predicted molar refractivity (Wildman–Crippen MR) is 96.6 cm³/mol. The minimum atomic E-state index is -0.226. The van der Waals surface area contributed by atoms with Gasteiger partial charge in [0.05, 0.1) is 12.3 Å². The fourth-order valence-electron chi connectivity index (χ4n) is 5.27. The van der Waals surface area contributed by atoms with E-state index in [1.54, 1.807) is 6.07 Å². The number of nitrogens with zero attached hydrogens (tertiary/aromatic N) is 3. The summed E-state index contributed by atoms with van der Waals surface area (Å²) in [5.41, 5.74) is 0.512. The van der Waals surface area contributed by atoms with Gasteiger partial charge in [-0.25, -0.2) is 5.10 Å². The van der Waals surface area contributed by atoms with E-state index < -0.39 is 0 Å². The van der Waals surface area contributed by atoms with Gasteiger partial charge in [-0.1, -0.05) is 6.42 Å². The van der Waals surface area contributed by atoms with E-state index in [1.807, 2.05) is 4.90 Å². The van der Waals surface area contributed by atoms with Gasteiger partial charge in [-0.05, 0) is 43.7 Å². The molecule has 2 bridgehead atoms. The van der Waals surface area contributed by atoms with Crippen molar-refractivity contribution in [1.82, 2.24) is 20.0 Å². The first-order chi connectivity index (χ1) is 12.7. The van der Waals surface area contributed by atoms with Gasteiger partial charge in [0, 0.05) is 44.1 Å². The maximum Gasteiger partial charge on any atom is 0.264 e. The standard InChI is InChI=1S/C19H28N4O3/c24-12-17-14-9-13(16-3-1-2-8-23(16)17)10-22(11-14)19(26)7-5-15-4-6-18(25)21-20-15/h4,6,13-14,16-17,24H,1-3,5,7-12H2,(H,21,25)/t13-,14+,16+,17+/m1/s1. The number of hydrogen-bond donors (Lipinski definition) is 2. The number of aryl methyl sites for hydroxylation is 1. The zero-order chi connectivity index (χ0) is 18.1. The maximum absolute atomic E-state index is 12.8. The zero-order valence-electron chi connectivity index (χ0n) is 15.1. The number of piperidine rings is 3. The maximum atomic E-state index is 12.8. The third kappa shape index (κ3) is 3.42. The van der Waals surface area contributed by atoms with Crippen LogP contribution >= 0.6 is 0 Å². The van der Waals surface area contributed by atoms with Crippen molar-refractivity contribution in [3.63, 3.8) is 0 Å². The summed E-state index contributed by atoms with van der Waals surface area (Å²) in [6.07, 6.45) is 5.76. The van der Waals surface area contributed by atoms with Crippen LogP contribution in [-0.4, -0.2) is 69.3 Å². The van der Waals surface area contributed by atoms with Crippen LogP contribution < -0.4 is 5.56 Å². The number of amides is 1. The number of aromatic amines is 1. The van der Waals surface area contributed by atoms with Crippen LogP contribution in [0.25, 0.3) is 0 Å². The van der Waals surface area contributed by atoms with Crippen molar-refractivity contribution in [2.75, 3.05) is 26.2 Å². The Morgan fingerprint density at radius 1 is 1.27 bits per heavy atom. The quantitative estimate of drug-likeness (QED) is 0.811. The molecule has 1 amide bonds. The Kier molecular flexibility index (Phi) is 5.09. The SMILES string of the molecule is O=C(CCc1ccc(=O)[nH]n1)N1C[C@H]2C[C@@H](C1)[C@H](CO)N1CCCC[C@@H]21. The first-order valence-electron chi connectivity index (χ1n) is 9.84. The molecule has 7 nitrogen and oxygen atoms in total. The Balaban J connectivity index is 1.41. The average Bonchev–Trinajstić information content (AvgIpc) is 2.67. The molecule has 0 aliphatic carbocycles. The highest BCUT2D eigenvalue weighted by Gasteiger charge is 2.47. The van der Waals surface area contributed by atoms with E-state index in [2.05, 4.69) is 15.1 Å². The predicted octanol–water partition coefficient (Wildman–Crippen LogP) is 0.396. The number of rotatable bonds is 4. The van der Waals surface area contributed by atoms with Crippen LogP contribution in [-0.2, 0) is 11.2 Å². The molecule has 1 aromatic heterocycles. The van der Waals surface area contributed by atoms with Crippen LogP contribution in [0.3, 0.4) is 0 Å². The minimum absolute atomic E-state index is 0.161. The molecule has 2 N–H and O–H groups in total. The van der Waals surface area contributed by atoms with Crippen molar-refractivity contribution < 1.29 is 9.90 Å². The number of aliphatic hydroxyl groups is 1. The lowest BCUT2D eigenvalue weighted by atomic mass is 9.72. The molecule has 0 radical (unpaired) electrons. The van der Waals surface area contributed by atoms with E-state index in [1.165, 1.54) is 25.3 Å². The van der Waals surface area contributed by atoms with Crippen LogP contribution in [0.4, 0.5) is 0 Å². The van der Waals surface area contributed by atoms with Gasteiger partial charge in [0.25, 0.3) is 5.56 Å². The number of aromatic nitrogens is 2. The summed E-state index contributed by atoms with van der Waals surface area (Å²) in [5.74, 6) is 1.07. The molecule has 1 aromatic rings. The third-order valence-electron chi connectivity index (χ3n) is 6.49. The monoisotopic (exact) mass is 360 g/mol. The van der Waals surface area contributed by atoms with Gasteiger partial charge in [0.1, 0.15) is 0 Å². The second-order valence-corrected chi connectivity index (χ2v) is 8.02. The minimum Gasteiger partial charge on any atom is -0.395 e. The lowest BCUT2D eigenvalue weighted by molar-refractivity contribution is -0.142. The summed E-state index contributed by atoms with van der Waals surface area (Å²) in [6, 6.07) is 3.85. The van der Waals surface area contributed by atoms with E-state index in [-0.39, 0.29) is 24.1 Å². The first kappa shape index (κ1) is 17.7. The molecule has 26 heavy (non-hydrogen) atoms. The average molecular weight is 360 g/mol. The van der Waals surface area contributed by atoms with Crippen molar-refractivity contribution in [2.45, 2.75) is 50.6 Å². The number of likely N-dealkylation sites (tertiary alicyclic amines) is 1. The summed E-state index contributed by atoms with van der Waals surface area (Å²) in [7, 11) is 0. The Morgan fingerprint density at radius 2 is 2.12 bits per heavy atom. The summed E-state index contributed by atoms with van der Waals surface area (Å²) in [6.45, 7) is 2.88. The first-order valence-corrected chi connectivity index (χ1v) is 9.84. The molecule has 4 heterocycles. The molecule has 3 aliphatic heterocycles. The number of H-pyrrole nitrogens is 1. The van der Waals surface area contributed by atoms with Gasteiger partial charge in [-0.15, -0.1) is 0 Å². The number of carbonyl (C=O) groups excluding carboxylic acids is 1. The topological polar surface area (TPSA) is 89.5 Å². The van der Waals surface area contributed by atoms with Gasteiger partial charge >= 0.3 is 0 Å². The second kappa shape index (κ2) is 7.48. The summed E-state index contributed by atoms with van der Waals surface area (Å²) < 4.78 is 0. The fraction of sp³-hybridized carbons (Fsp3) is 0.737. The van der Waals surface area contributed by atoms with E-state index >= 15 is 0 Å². The van der Waals surface area contributed by atoms with Gasteiger partial charge in [-0.3, -0.25) is 14.5 Å². The molecule has 142 valence electrons. The smallest absolute Gasteiger partial charge is 0.264 e. The Labute approximate surface area is 153 Å². The molecule has 4 rings (SSSR count). The number of hydrogen-bond acceptors (Lipinski definition) is 5. The molecular weight excluding hydrogens is 332 g/mol. The van der Waals surface area contributed by atoms with Gasteiger partial charge in [-0.2, -0.15) is 5.10 Å². The van der Waals surface area contributed by atoms with Crippen LogP contribution in [0, 0.1) is 11.8 Å². The van der Waals surface area contributed by atoms with Gasteiger partial charge < -0.3 is 10.0 Å². The van der Waals surface area contributed by atoms with Crippen molar-refractivity contribution in [1.29, 1.82) is 0 Å². The third-order valence-corrected chi connectivity index (χ3v) is 6.49. The summed E-state index contributed by atoms with van der Waals surface area (Å²) in [5, 5.41) is 16.4. The van der Waals surface area contributed by atoms with Crippen molar-refractivity contribution in [2.24, 2.45) is 11.8 Å². The van der Waals surface area contributed by atoms with E-state index in [4.69, 9.17) is 0 Å². The van der Waals surface area contributed by atoms with Crippen molar-refractivity contribution in [3.8, 4) is 0 Å². The molecule has 0 aromatic carbocycles. The van der Waals surface area contributed by atoms with E-state index in [0.29, 0.717) is 30.7 Å². The normalized spacial score (nSPS) is 31.5. The molecule has 3 aliphatic rings. The number of aliphatic hydroxyl groups excluding tert-OH is 1. The molecule has 0 unspecified atom stereocenters. The Bertz CT molecular complexity index is 672. The largest absolute Gasteiger partial charge is 0.395 e. The fourth-order valence-corrected chi connectivity index (χ4v) is 5.27. The highest BCUT2D eigenvalue weighted by atomic mass is 16.3. The van der Waals surface area contributed by atoms with Crippen LogP contribution in [0.2, 0.25) is 0 Å². The highest BCUT2D eigenvalue weighted by Crippen LogP contribution is 2.41. The Hall–Kier alpha value is -1.73. The lowest BCUT2D eigenvalue weighted by Crippen LogP contribution is -2.65. The zero-order valence-corrected chi connectivity index (χ0v) is 15.1. The van der Waals surface area contributed by atoms with Gasteiger partial charge in [0.2, 0.25) is 5.91 Å². The Morgan fingerprint density at radius 3 is 2.88 bits per heavy atom. The second-order valence-electron chi connectivity index (χ2n) is 8.02. The van der Waals surface area contributed by atoms with Crippen LogP contribution in [0.1, 0.15) is 37.8 Å². The van der Waals surface area contributed by atoms with E-state index in [9.17, 15) is 14.7 Å². The van der Waals surface area contributed by atoms with Crippen LogP contribution in [0.15, 0.2) is 16.9 Å². The number of carbonyl (C=O) groups is 1. The lowest BCUT2D eigenvalue weighted by Gasteiger charge is -2.56. The molecule has 3 fully saturated rings. The van der Waals surface area contributed by atoms with Crippen molar-refractivity contribution in [3.05, 3.63) is 28.2 Å². The molecule has 7 heteroatoms. The van der Waals surface area contributed by atoms with Crippen molar-refractivity contribution >= 4 is 5.91 Å². The summed E-state index contributed by atoms with van der Waals surface area (Å²) in [4.78, 5) is 28.4. The molecule has 4 atom stereocenters. The van der Waals surface area contributed by atoms with Crippen LogP contribution in [0.5, 0.6) is 0 Å². The van der Waals surface area contributed by atoms with E-state index in [0.717, 1.165) is 31.7 Å². The number of fused-ring (bicyclic) bond motifs is 4. The summed E-state index contributed by atoms with van der Waals surface area (Å²) >= 11 is 0. The molecular formula is C19H28N4O3. The molecule has 0 saturated carbocycles.